The van der Waals surface area contributed by atoms with Crippen LogP contribution in [0.25, 0.3) is 0 Å². The van der Waals surface area contributed by atoms with Crippen LogP contribution in [-0.4, -0.2) is 52.0 Å². The van der Waals surface area contributed by atoms with Gasteiger partial charge in [-0.05, 0) is 32.7 Å². The molecule has 1 aromatic rings. The molecule has 198 valence electrons. The van der Waals surface area contributed by atoms with Gasteiger partial charge in [-0.25, -0.2) is 13.2 Å². The van der Waals surface area contributed by atoms with Gasteiger partial charge >= 0.3 is 0 Å². The first-order valence-corrected chi connectivity index (χ1v) is 10.9. The minimum atomic E-state index is -0.878. The molecule has 0 saturated carbocycles. The fourth-order valence-corrected chi connectivity index (χ4v) is 2.02. The Balaban J connectivity index is -0.000000206. The van der Waals surface area contributed by atoms with Gasteiger partial charge in [0.2, 0.25) is 0 Å². The fourth-order valence-electron chi connectivity index (χ4n) is 2.02. The largest absolute Gasteiger partial charge is 0.379 e. The van der Waals surface area contributed by atoms with Gasteiger partial charge in [0, 0.05) is 30.7 Å². The number of carbonyl (C=O) groups excluding carboxylic acids is 1. The normalized spacial score (nSPS) is 9.45. The highest BCUT2D eigenvalue weighted by Crippen LogP contribution is 2.14. The Labute approximate surface area is 200 Å². The number of ketones is 1. The zero-order chi connectivity index (χ0) is 23.9. The number of hydrogen-bond acceptors (Lipinski definition) is 5. The highest BCUT2D eigenvalue weighted by molar-refractivity contribution is 5.75. The highest BCUT2D eigenvalue weighted by Gasteiger charge is 2.08. The van der Waals surface area contributed by atoms with Gasteiger partial charge in [0.25, 0.3) is 0 Å². The van der Waals surface area contributed by atoms with Crippen molar-refractivity contribution >= 4 is 5.78 Å². The van der Waals surface area contributed by atoms with Crippen LogP contribution >= 0.6 is 0 Å². The van der Waals surface area contributed by atoms with E-state index in [9.17, 15) is 18.0 Å². The third kappa shape index (κ3) is 26.7. The average molecular weight is 484 g/mol. The van der Waals surface area contributed by atoms with Crippen LogP contribution < -0.4 is 5.73 Å². The van der Waals surface area contributed by atoms with Gasteiger partial charge in [-0.3, -0.25) is 4.79 Å². The molecule has 1 aromatic carbocycles. The Morgan fingerprint density at radius 1 is 0.818 bits per heavy atom. The molecule has 0 spiro atoms. The summed E-state index contributed by atoms with van der Waals surface area (Å²) >= 11 is 0. The summed E-state index contributed by atoms with van der Waals surface area (Å²) < 4.78 is 53.2. The monoisotopic (exact) mass is 483 g/mol. The molecule has 0 saturated heterocycles. The van der Waals surface area contributed by atoms with Crippen LogP contribution in [0.2, 0.25) is 0 Å². The van der Waals surface area contributed by atoms with E-state index in [4.69, 9.17) is 19.9 Å². The van der Waals surface area contributed by atoms with E-state index in [1.165, 1.54) is 12.8 Å². The van der Waals surface area contributed by atoms with Gasteiger partial charge in [-0.1, -0.05) is 42.0 Å². The maximum absolute atomic E-state index is 12.6. The zero-order valence-electron chi connectivity index (χ0n) is 19.5. The van der Waals surface area contributed by atoms with E-state index in [0.29, 0.717) is 51.6 Å². The maximum atomic E-state index is 12.6. The lowest BCUT2D eigenvalue weighted by Gasteiger charge is -2.05. The molecule has 8 heteroatoms. The summed E-state index contributed by atoms with van der Waals surface area (Å²) in [5, 5.41) is 0. The zero-order valence-corrected chi connectivity index (χ0v) is 19.5. The van der Waals surface area contributed by atoms with E-state index >= 15 is 0 Å². The van der Waals surface area contributed by atoms with E-state index in [1.807, 2.05) is 0 Å². The van der Waals surface area contributed by atoms with E-state index in [1.54, 1.807) is 13.8 Å². The second kappa shape index (κ2) is 28.6. The van der Waals surface area contributed by atoms with Crippen molar-refractivity contribution in [1.82, 2.24) is 0 Å². The molecule has 2 N–H and O–H groups in total. The number of Topliss-reactive ketones (excluding diaryl/α,β-unsaturated/α-hetero) is 1. The Morgan fingerprint density at radius 2 is 1.27 bits per heavy atom. The molecule has 0 amide bonds. The molecule has 5 nitrogen and oxygen atoms in total. The molecule has 0 radical (unpaired) electrons. The lowest BCUT2D eigenvalue weighted by atomic mass is 10.1. The van der Waals surface area contributed by atoms with E-state index in [0.717, 1.165) is 19.6 Å². The number of nitrogens with two attached hydrogens (primary N) is 1. The van der Waals surface area contributed by atoms with Crippen molar-refractivity contribution in [2.45, 2.75) is 74.7 Å². The average Bonchev–Trinajstić information content (AvgIpc) is 2.70. The molecule has 0 fully saturated rings. The second-order valence-corrected chi connectivity index (χ2v) is 6.63. The number of benzene rings is 1. The van der Waals surface area contributed by atoms with Crippen molar-refractivity contribution in [1.29, 1.82) is 0 Å². The number of hydrogen-bond donors (Lipinski definition) is 1. The molecule has 0 aliphatic rings. The Bertz CT molecular complexity index is 535. The van der Waals surface area contributed by atoms with Crippen molar-refractivity contribution in [3.63, 3.8) is 0 Å². The molecule has 0 bridgehead atoms. The molecular weight excluding hydrogens is 435 g/mol. The lowest BCUT2D eigenvalue weighted by Crippen LogP contribution is -2.10. The minimum absolute atomic E-state index is 0. The predicted octanol–water partition coefficient (Wildman–Crippen LogP) is 6.11. The Morgan fingerprint density at radius 3 is 1.61 bits per heavy atom. The number of carbonyl (C=O) groups is 1. The van der Waals surface area contributed by atoms with Gasteiger partial charge in [0.05, 0.1) is 33.0 Å². The number of unbranched alkanes of at least 4 members (excludes halogenated alkanes) is 1. The molecule has 1 rings (SSSR count). The quantitative estimate of drug-likeness (QED) is 0.323. The summed E-state index contributed by atoms with van der Waals surface area (Å²) in [4.78, 5) is 10.6. The summed E-state index contributed by atoms with van der Waals surface area (Å²) in [5.74, 6) is -2.35. The SMILES string of the molecule is C.C.CCCCN.CCCOCCOCCOCCC(C)=O.CCc1c(F)cc(F)cc1F. The third-order valence-corrected chi connectivity index (χ3v) is 3.71. The first-order chi connectivity index (χ1) is 14.8. The van der Waals surface area contributed by atoms with Gasteiger partial charge in [0.1, 0.15) is 23.2 Å². The van der Waals surface area contributed by atoms with Crippen molar-refractivity contribution in [2.24, 2.45) is 5.73 Å². The topological polar surface area (TPSA) is 70.8 Å². The van der Waals surface area contributed by atoms with Crippen LogP contribution in [-0.2, 0) is 25.4 Å². The number of ether oxygens (including phenoxy) is 3. The van der Waals surface area contributed by atoms with E-state index in [2.05, 4.69) is 13.8 Å². The van der Waals surface area contributed by atoms with Crippen LogP contribution in [0.3, 0.4) is 0 Å². The summed E-state index contributed by atoms with van der Waals surface area (Å²) in [6, 6.07) is 1.36. The van der Waals surface area contributed by atoms with Crippen LogP contribution in [0.1, 0.15) is 73.8 Å². The maximum Gasteiger partial charge on any atom is 0.132 e. The summed E-state index contributed by atoms with van der Waals surface area (Å²) in [6.07, 6.45) is 4.14. The number of halogens is 3. The van der Waals surface area contributed by atoms with E-state index in [-0.39, 0.29) is 32.6 Å². The predicted molar refractivity (Wildman–Crippen MR) is 131 cm³/mol. The van der Waals surface area contributed by atoms with Crippen molar-refractivity contribution in [3.8, 4) is 0 Å². The first kappa shape index (κ1) is 38.8. The van der Waals surface area contributed by atoms with Crippen LogP contribution in [0.4, 0.5) is 13.2 Å². The smallest absolute Gasteiger partial charge is 0.132 e. The summed E-state index contributed by atoms with van der Waals surface area (Å²) in [6.45, 7) is 11.9. The fraction of sp³-hybridized carbons (Fsp3) is 0.720. The second-order valence-electron chi connectivity index (χ2n) is 6.63. The van der Waals surface area contributed by atoms with Gasteiger partial charge in [-0.2, -0.15) is 0 Å². The molecule has 33 heavy (non-hydrogen) atoms. The van der Waals surface area contributed by atoms with Gasteiger partial charge < -0.3 is 19.9 Å². The van der Waals surface area contributed by atoms with Crippen molar-refractivity contribution < 1.29 is 32.2 Å². The van der Waals surface area contributed by atoms with E-state index < -0.39 is 17.5 Å². The minimum Gasteiger partial charge on any atom is -0.379 e. The molecule has 0 aliphatic heterocycles. The standard InChI is InChI=1S/C11H22O4.C8H7F3.C4H11N.2CH4/c1-3-5-13-7-9-15-10-8-14-6-4-11(2)12;1-2-6-7(10)3-5(9)4-8(6)11;1-2-3-4-5;;/h3-10H2,1-2H3;3-4H,2H2,1H3;2-5H2,1H3;2*1H4. The Kier molecular flexibility index (Phi) is 33.5. The molecule has 0 aromatic heterocycles. The van der Waals surface area contributed by atoms with Crippen LogP contribution in [0, 0.1) is 17.5 Å². The van der Waals surface area contributed by atoms with Crippen LogP contribution in [0.15, 0.2) is 12.1 Å². The molecule has 0 aliphatic carbocycles. The summed E-state index contributed by atoms with van der Waals surface area (Å²) in [7, 11) is 0. The third-order valence-electron chi connectivity index (χ3n) is 3.71. The van der Waals surface area contributed by atoms with Crippen LogP contribution in [0.5, 0.6) is 0 Å². The van der Waals surface area contributed by atoms with Crippen molar-refractivity contribution in [3.05, 3.63) is 35.1 Å². The van der Waals surface area contributed by atoms with Gasteiger partial charge in [0.15, 0.2) is 0 Å². The Hall–Kier alpha value is -1.48. The van der Waals surface area contributed by atoms with Gasteiger partial charge in [-0.15, -0.1) is 0 Å². The summed E-state index contributed by atoms with van der Waals surface area (Å²) in [5.41, 5.74) is 5.08. The molecular formula is C25H48F3NO4. The molecule has 0 heterocycles. The first-order valence-electron chi connectivity index (χ1n) is 10.9. The molecule has 0 atom stereocenters. The highest BCUT2D eigenvalue weighted by atomic mass is 19.1. The molecule has 0 unspecified atom stereocenters. The lowest BCUT2D eigenvalue weighted by molar-refractivity contribution is -0.118. The number of rotatable bonds is 14. The van der Waals surface area contributed by atoms with Crippen molar-refractivity contribution in [2.75, 3.05) is 46.2 Å².